The van der Waals surface area contributed by atoms with E-state index in [1.165, 1.54) is 0 Å². The molecule has 2 saturated heterocycles. The Kier molecular flexibility index (Phi) is 7.28. The lowest BCUT2D eigenvalue weighted by molar-refractivity contribution is -0.139. The van der Waals surface area contributed by atoms with Crippen LogP contribution in [-0.4, -0.2) is 79.1 Å². The van der Waals surface area contributed by atoms with E-state index in [2.05, 4.69) is 6.58 Å². The average molecular weight is 373 g/mol. The standard InChI is InChI=1S/C18H29ClN2O4/c1-14(4-5-16(22)20-6-10-24-11-7-20)18(3,19)15(2)17(23)21-8-12-25-13-9-21/h15H,1,4-13H2,2-3H3. The summed E-state index contributed by atoms with van der Waals surface area (Å²) in [6, 6.07) is 0. The van der Waals surface area contributed by atoms with Crippen molar-refractivity contribution in [3.63, 3.8) is 0 Å². The second kappa shape index (κ2) is 9.01. The van der Waals surface area contributed by atoms with Crippen LogP contribution in [0.15, 0.2) is 12.2 Å². The molecule has 0 saturated carbocycles. The third kappa shape index (κ3) is 5.19. The molecule has 0 aromatic rings. The molecule has 0 radical (unpaired) electrons. The van der Waals surface area contributed by atoms with Gasteiger partial charge in [0.1, 0.15) is 0 Å². The quantitative estimate of drug-likeness (QED) is 0.525. The number of amides is 2. The summed E-state index contributed by atoms with van der Waals surface area (Å²) >= 11 is 6.70. The highest BCUT2D eigenvalue weighted by Crippen LogP contribution is 2.36. The topological polar surface area (TPSA) is 59.1 Å². The number of rotatable bonds is 6. The van der Waals surface area contributed by atoms with E-state index in [9.17, 15) is 9.59 Å². The Bertz CT molecular complexity index is 497. The molecule has 2 fully saturated rings. The number of nitrogens with zero attached hydrogens (tertiary/aromatic N) is 2. The van der Waals surface area contributed by atoms with Crippen molar-refractivity contribution in [1.82, 2.24) is 9.80 Å². The number of allylic oxidation sites excluding steroid dienone is 1. The van der Waals surface area contributed by atoms with Gasteiger partial charge in [-0.3, -0.25) is 9.59 Å². The van der Waals surface area contributed by atoms with E-state index < -0.39 is 10.8 Å². The first kappa shape index (κ1) is 20.2. The molecule has 142 valence electrons. The lowest BCUT2D eigenvalue weighted by atomic mass is 9.85. The zero-order valence-electron chi connectivity index (χ0n) is 15.3. The molecule has 7 heteroatoms. The minimum absolute atomic E-state index is 0.0152. The van der Waals surface area contributed by atoms with Crippen LogP contribution in [-0.2, 0) is 19.1 Å². The molecule has 0 N–H and O–H groups in total. The van der Waals surface area contributed by atoms with Crippen LogP contribution in [0.3, 0.4) is 0 Å². The van der Waals surface area contributed by atoms with Gasteiger partial charge in [-0.05, 0) is 13.3 Å². The number of carbonyl (C=O) groups excluding carboxylic acids is 2. The molecule has 25 heavy (non-hydrogen) atoms. The van der Waals surface area contributed by atoms with Crippen molar-refractivity contribution in [2.24, 2.45) is 5.92 Å². The van der Waals surface area contributed by atoms with Gasteiger partial charge in [-0.1, -0.05) is 19.1 Å². The van der Waals surface area contributed by atoms with Gasteiger partial charge in [0.15, 0.2) is 0 Å². The zero-order chi connectivity index (χ0) is 18.4. The first-order valence-electron chi connectivity index (χ1n) is 8.93. The van der Waals surface area contributed by atoms with E-state index in [0.29, 0.717) is 65.4 Å². The molecule has 2 aliphatic heterocycles. The van der Waals surface area contributed by atoms with Gasteiger partial charge >= 0.3 is 0 Å². The largest absolute Gasteiger partial charge is 0.378 e. The maximum atomic E-state index is 12.7. The Balaban J connectivity index is 1.87. The van der Waals surface area contributed by atoms with Crippen LogP contribution in [0.2, 0.25) is 0 Å². The minimum Gasteiger partial charge on any atom is -0.378 e. The van der Waals surface area contributed by atoms with Crippen molar-refractivity contribution in [2.45, 2.75) is 31.6 Å². The number of hydrogen-bond acceptors (Lipinski definition) is 4. The molecule has 2 rings (SSSR count). The Morgan fingerprint density at radius 1 is 1.04 bits per heavy atom. The van der Waals surface area contributed by atoms with Crippen molar-refractivity contribution in [3.05, 3.63) is 12.2 Å². The maximum absolute atomic E-state index is 12.7. The second-order valence-corrected chi connectivity index (χ2v) is 7.62. The molecule has 0 bridgehead atoms. The van der Waals surface area contributed by atoms with Crippen molar-refractivity contribution in [1.29, 1.82) is 0 Å². The summed E-state index contributed by atoms with van der Waals surface area (Å²) in [6.45, 7) is 12.5. The molecule has 0 aromatic heterocycles. The van der Waals surface area contributed by atoms with E-state index in [0.717, 1.165) is 5.57 Å². The number of halogens is 1. The van der Waals surface area contributed by atoms with Crippen molar-refractivity contribution >= 4 is 23.4 Å². The van der Waals surface area contributed by atoms with E-state index in [-0.39, 0.29) is 11.8 Å². The van der Waals surface area contributed by atoms with Crippen molar-refractivity contribution in [2.75, 3.05) is 52.6 Å². The molecule has 2 unspecified atom stereocenters. The van der Waals surface area contributed by atoms with Gasteiger partial charge in [-0.25, -0.2) is 0 Å². The molecular formula is C18H29ClN2O4. The molecule has 0 aliphatic carbocycles. The number of hydrogen-bond donors (Lipinski definition) is 0. The monoisotopic (exact) mass is 372 g/mol. The van der Waals surface area contributed by atoms with E-state index in [1.807, 2.05) is 18.7 Å². The fraction of sp³-hybridized carbons (Fsp3) is 0.778. The van der Waals surface area contributed by atoms with Gasteiger partial charge in [0.25, 0.3) is 0 Å². The SMILES string of the molecule is C=C(CCC(=O)N1CCOCC1)C(C)(Cl)C(C)C(=O)N1CCOCC1. The summed E-state index contributed by atoms with van der Waals surface area (Å²) in [5.74, 6) is -0.302. The number of morpholine rings is 2. The van der Waals surface area contributed by atoms with Gasteiger partial charge in [0.2, 0.25) is 11.8 Å². The van der Waals surface area contributed by atoms with E-state index in [1.54, 1.807) is 4.90 Å². The number of carbonyl (C=O) groups is 2. The highest BCUT2D eigenvalue weighted by molar-refractivity contribution is 6.27. The van der Waals surface area contributed by atoms with E-state index in [4.69, 9.17) is 21.1 Å². The molecular weight excluding hydrogens is 344 g/mol. The van der Waals surface area contributed by atoms with Crippen LogP contribution in [0.4, 0.5) is 0 Å². The fourth-order valence-electron chi connectivity index (χ4n) is 3.07. The maximum Gasteiger partial charge on any atom is 0.227 e. The van der Waals surface area contributed by atoms with Crippen LogP contribution in [0.5, 0.6) is 0 Å². The van der Waals surface area contributed by atoms with Gasteiger partial charge in [0.05, 0.1) is 37.2 Å². The molecule has 6 nitrogen and oxygen atoms in total. The number of ether oxygens (including phenoxy) is 2. The molecule has 2 aliphatic rings. The summed E-state index contributed by atoms with van der Waals surface area (Å²) < 4.78 is 10.6. The minimum atomic E-state index is -0.874. The Morgan fingerprint density at radius 3 is 2.04 bits per heavy atom. The summed E-state index contributed by atoms with van der Waals surface area (Å²) in [5, 5.41) is 0. The Morgan fingerprint density at radius 2 is 1.52 bits per heavy atom. The lowest BCUT2D eigenvalue weighted by Crippen LogP contribution is -2.48. The van der Waals surface area contributed by atoms with Crippen LogP contribution < -0.4 is 0 Å². The van der Waals surface area contributed by atoms with Crippen LogP contribution >= 0.6 is 11.6 Å². The molecule has 2 heterocycles. The van der Waals surface area contributed by atoms with Crippen LogP contribution in [0.1, 0.15) is 26.7 Å². The molecule has 0 spiro atoms. The Labute approximate surface area is 155 Å². The highest BCUT2D eigenvalue weighted by atomic mass is 35.5. The summed E-state index contributed by atoms with van der Waals surface area (Å²) in [7, 11) is 0. The van der Waals surface area contributed by atoms with Crippen molar-refractivity contribution < 1.29 is 19.1 Å². The molecule has 2 atom stereocenters. The lowest BCUT2D eigenvalue weighted by Gasteiger charge is -2.36. The highest BCUT2D eigenvalue weighted by Gasteiger charge is 2.38. The van der Waals surface area contributed by atoms with Gasteiger partial charge < -0.3 is 19.3 Å². The predicted octanol–water partition coefficient (Wildman–Crippen LogP) is 1.67. The van der Waals surface area contributed by atoms with Gasteiger partial charge in [-0.2, -0.15) is 0 Å². The normalized spacial score (nSPS) is 22.2. The van der Waals surface area contributed by atoms with Gasteiger partial charge in [-0.15, -0.1) is 11.6 Å². The summed E-state index contributed by atoms with van der Waals surface area (Å²) in [6.07, 6.45) is 0.844. The first-order chi connectivity index (χ1) is 11.8. The smallest absolute Gasteiger partial charge is 0.227 e. The second-order valence-electron chi connectivity index (χ2n) is 6.83. The van der Waals surface area contributed by atoms with Gasteiger partial charge in [0, 0.05) is 32.6 Å². The van der Waals surface area contributed by atoms with Crippen molar-refractivity contribution in [3.8, 4) is 0 Å². The zero-order valence-corrected chi connectivity index (χ0v) is 16.0. The molecule has 2 amide bonds. The van der Waals surface area contributed by atoms with E-state index >= 15 is 0 Å². The summed E-state index contributed by atoms with van der Waals surface area (Å²) in [5.41, 5.74) is 0.727. The third-order valence-electron chi connectivity index (χ3n) is 5.20. The first-order valence-corrected chi connectivity index (χ1v) is 9.31. The third-order valence-corrected chi connectivity index (χ3v) is 5.80. The van der Waals surface area contributed by atoms with Crippen LogP contribution in [0, 0.1) is 5.92 Å². The fourth-order valence-corrected chi connectivity index (χ4v) is 3.26. The molecule has 0 aromatic carbocycles. The average Bonchev–Trinajstić information content (AvgIpc) is 2.65. The Hall–Kier alpha value is -1.11. The predicted molar refractivity (Wildman–Crippen MR) is 96.6 cm³/mol. The van der Waals surface area contributed by atoms with Crippen LogP contribution in [0.25, 0.3) is 0 Å². The summed E-state index contributed by atoms with van der Waals surface area (Å²) in [4.78, 5) is 27.7. The number of alkyl halides is 1.